The van der Waals surface area contributed by atoms with Crippen LogP contribution in [0.5, 0.6) is 0 Å². The van der Waals surface area contributed by atoms with Crippen molar-refractivity contribution >= 4 is 29.6 Å². The summed E-state index contributed by atoms with van der Waals surface area (Å²) in [5, 5.41) is 11.1. The summed E-state index contributed by atoms with van der Waals surface area (Å²) in [6, 6.07) is 5.48. The first kappa shape index (κ1) is 19.0. The van der Waals surface area contributed by atoms with Crippen LogP contribution in [0, 0.1) is 16.0 Å². The SMILES string of the molecule is COC(=O)C1=C(C=O)N=C(C)C(C(=O)OC)C1c1cccc([N+](=O)[O-])c1. The number of esters is 2. The predicted molar refractivity (Wildman–Crippen MR) is 89.6 cm³/mol. The summed E-state index contributed by atoms with van der Waals surface area (Å²) in [4.78, 5) is 50.6. The molecule has 0 fully saturated rings. The van der Waals surface area contributed by atoms with E-state index in [-0.39, 0.29) is 22.7 Å². The van der Waals surface area contributed by atoms with Gasteiger partial charge in [-0.25, -0.2) is 4.79 Å². The average Bonchev–Trinajstić information content (AvgIpc) is 2.65. The Bertz CT molecular complexity index is 841. The lowest BCUT2D eigenvalue weighted by atomic mass is 9.75. The van der Waals surface area contributed by atoms with Gasteiger partial charge >= 0.3 is 11.9 Å². The van der Waals surface area contributed by atoms with Crippen molar-refractivity contribution in [1.82, 2.24) is 0 Å². The second-order valence-electron chi connectivity index (χ2n) is 5.49. The molecule has 9 heteroatoms. The van der Waals surface area contributed by atoms with Crippen LogP contribution in [0.25, 0.3) is 0 Å². The molecule has 0 amide bonds. The highest BCUT2D eigenvalue weighted by atomic mass is 16.6. The second kappa shape index (κ2) is 7.68. The number of hydrogen-bond acceptors (Lipinski definition) is 8. The van der Waals surface area contributed by atoms with Gasteiger partial charge in [0.1, 0.15) is 11.6 Å². The third-order valence-electron chi connectivity index (χ3n) is 4.08. The van der Waals surface area contributed by atoms with E-state index < -0.39 is 28.7 Å². The van der Waals surface area contributed by atoms with Gasteiger partial charge in [-0.2, -0.15) is 0 Å². The molecule has 1 aliphatic heterocycles. The van der Waals surface area contributed by atoms with Crippen molar-refractivity contribution < 1.29 is 28.8 Å². The molecule has 0 spiro atoms. The molecule has 0 saturated carbocycles. The monoisotopic (exact) mass is 360 g/mol. The van der Waals surface area contributed by atoms with Crippen LogP contribution >= 0.6 is 0 Å². The van der Waals surface area contributed by atoms with Crippen LogP contribution in [0.15, 0.2) is 40.5 Å². The number of aliphatic imine (C=N–C) groups is 1. The molecular weight excluding hydrogens is 344 g/mol. The van der Waals surface area contributed by atoms with Gasteiger partial charge in [0.2, 0.25) is 0 Å². The highest BCUT2D eigenvalue weighted by Gasteiger charge is 2.43. The maximum absolute atomic E-state index is 12.3. The van der Waals surface area contributed by atoms with Crippen LogP contribution in [-0.4, -0.2) is 43.1 Å². The van der Waals surface area contributed by atoms with E-state index in [4.69, 9.17) is 9.47 Å². The van der Waals surface area contributed by atoms with Gasteiger partial charge in [0.05, 0.1) is 24.7 Å². The Labute approximate surface area is 148 Å². The topological polar surface area (TPSA) is 125 Å². The minimum Gasteiger partial charge on any atom is -0.468 e. The fourth-order valence-corrected chi connectivity index (χ4v) is 2.94. The largest absolute Gasteiger partial charge is 0.468 e. The Kier molecular flexibility index (Phi) is 5.61. The number of aldehydes is 1. The number of non-ortho nitro benzene ring substituents is 1. The van der Waals surface area contributed by atoms with Crippen LogP contribution < -0.4 is 0 Å². The Morgan fingerprint density at radius 2 is 1.96 bits per heavy atom. The first-order valence-electron chi connectivity index (χ1n) is 7.50. The summed E-state index contributed by atoms with van der Waals surface area (Å²) in [6.07, 6.45) is 0.383. The summed E-state index contributed by atoms with van der Waals surface area (Å²) in [7, 11) is 2.30. The minimum atomic E-state index is -1.03. The van der Waals surface area contributed by atoms with Crippen molar-refractivity contribution in [2.45, 2.75) is 12.8 Å². The van der Waals surface area contributed by atoms with Crippen LogP contribution in [0.4, 0.5) is 5.69 Å². The van der Waals surface area contributed by atoms with E-state index in [2.05, 4.69) is 4.99 Å². The van der Waals surface area contributed by atoms with Gasteiger partial charge in [0.25, 0.3) is 5.69 Å². The molecule has 0 aliphatic carbocycles. The summed E-state index contributed by atoms with van der Waals surface area (Å²) >= 11 is 0. The summed E-state index contributed by atoms with van der Waals surface area (Å²) < 4.78 is 9.54. The Morgan fingerprint density at radius 3 is 2.50 bits per heavy atom. The zero-order valence-corrected chi connectivity index (χ0v) is 14.3. The number of carbonyl (C=O) groups excluding carboxylic acids is 3. The van der Waals surface area contributed by atoms with Gasteiger partial charge in [0.15, 0.2) is 6.29 Å². The number of nitrogens with zero attached hydrogens (tertiary/aromatic N) is 2. The molecule has 0 saturated heterocycles. The molecule has 2 rings (SSSR count). The normalized spacial score (nSPS) is 19.4. The van der Waals surface area contributed by atoms with Crippen LogP contribution in [-0.2, 0) is 23.9 Å². The summed E-state index contributed by atoms with van der Waals surface area (Å²) in [6.45, 7) is 1.52. The molecule has 1 aliphatic rings. The molecule has 1 heterocycles. The maximum Gasteiger partial charge on any atom is 0.336 e. The van der Waals surface area contributed by atoms with Crippen molar-refractivity contribution in [3.8, 4) is 0 Å². The van der Waals surface area contributed by atoms with Crippen molar-refractivity contribution in [2.75, 3.05) is 14.2 Å². The van der Waals surface area contributed by atoms with E-state index in [1.807, 2.05) is 0 Å². The standard InChI is InChI=1S/C17H16N2O7/c1-9-13(16(21)25-2)14(10-5-4-6-11(7-10)19(23)24)15(17(22)26-3)12(8-20)18-9/h4-8,13-14H,1-3H3. The van der Waals surface area contributed by atoms with Crippen molar-refractivity contribution in [2.24, 2.45) is 10.9 Å². The molecule has 0 N–H and O–H groups in total. The zero-order valence-electron chi connectivity index (χ0n) is 14.3. The van der Waals surface area contributed by atoms with Crippen LogP contribution in [0.2, 0.25) is 0 Å². The van der Waals surface area contributed by atoms with Gasteiger partial charge in [-0.15, -0.1) is 0 Å². The molecule has 26 heavy (non-hydrogen) atoms. The average molecular weight is 360 g/mol. The number of hydrogen-bond donors (Lipinski definition) is 0. The van der Waals surface area contributed by atoms with Gasteiger partial charge < -0.3 is 9.47 Å². The number of allylic oxidation sites excluding steroid dienone is 1. The molecule has 0 radical (unpaired) electrons. The van der Waals surface area contributed by atoms with E-state index >= 15 is 0 Å². The number of nitro benzene ring substituents is 1. The zero-order chi connectivity index (χ0) is 19.4. The number of ether oxygens (including phenoxy) is 2. The highest BCUT2D eigenvalue weighted by Crippen LogP contribution is 2.40. The van der Waals surface area contributed by atoms with Crippen LogP contribution in [0.3, 0.4) is 0 Å². The number of methoxy groups -OCH3 is 2. The molecule has 0 bridgehead atoms. The van der Waals surface area contributed by atoms with Crippen molar-refractivity contribution in [3.05, 3.63) is 51.2 Å². The summed E-state index contributed by atoms with van der Waals surface area (Å²) in [5.41, 5.74) is -0.00938. The van der Waals surface area contributed by atoms with E-state index in [9.17, 15) is 24.5 Å². The maximum atomic E-state index is 12.3. The van der Waals surface area contributed by atoms with E-state index in [1.54, 1.807) is 0 Å². The highest BCUT2D eigenvalue weighted by molar-refractivity contribution is 6.09. The first-order valence-corrected chi connectivity index (χ1v) is 7.50. The quantitative estimate of drug-likeness (QED) is 0.338. The predicted octanol–water partition coefficient (Wildman–Crippen LogP) is 1.57. The number of nitro groups is 1. The molecular formula is C17H16N2O7. The molecule has 2 atom stereocenters. The Hall–Kier alpha value is -3.36. The molecule has 9 nitrogen and oxygen atoms in total. The van der Waals surface area contributed by atoms with E-state index in [0.29, 0.717) is 11.8 Å². The number of rotatable bonds is 5. The van der Waals surface area contributed by atoms with Crippen molar-refractivity contribution in [1.29, 1.82) is 0 Å². The molecule has 1 aromatic carbocycles. The smallest absolute Gasteiger partial charge is 0.336 e. The third-order valence-corrected chi connectivity index (χ3v) is 4.08. The lowest BCUT2D eigenvalue weighted by Crippen LogP contribution is -2.36. The second-order valence-corrected chi connectivity index (χ2v) is 5.49. The van der Waals surface area contributed by atoms with Gasteiger partial charge in [0, 0.05) is 23.8 Å². The Balaban J connectivity index is 2.77. The fraction of sp³-hybridized carbons (Fsp3) is 0.294. The fourth-order valence-electron chi connectivity index (χ4n) is 2.94. The minimum absolute atomic E-state index is 0.149. The molecule has 136 valence electrons. The van der Waals surface area contributed by atoms with Crippen molar-refractivity contribution in [3.63, 3.8) is 0 Å². The van der Waals surface area contributed by atoms with E-state index in [1.165, 1.54) is 38.3 Å². The van der Waals surface area contributed by atoms with Gasteiger partial charge in [-0.3, -0.25) is 24.7 Å². The first-order chi connectivity index (χ1) is 12.3. The molecule has 0 aromatic heterocycles. The van der Waals surface area contributed by atoms with Gasteiger partial charge in [-0.05, 0) is 12.5 Å². The lowest BCUT2D eigenvalue weighted by Gasteiger charge is -2.30. The lowest BCUT2D eigenvalue weighted by molar-refractivity contribution is -0.384. The van der Waals surface area contributed by atoms with E-state index in [0.717, 1.165) is 7.11 Å². The molecule has 1 aromatic rings. The molecule has 2 unspecified atom stereocenters. The van der Waals surface area contributed by atoms with Crippen LogP contribution in [0.1, 0.15) is 18.4 Å². The third kappa shape index (κ3) is 3.37. The van der Waals surface area contributed by atoms with Gasteiger partial charge in [-0.1, -0.05) is 12.1 Å². The number of benzene rings is 1. The Morgan fingerprint density at radius 1 is 1.27 bits per heavy atom. The number of carbonyl (C=O) groups is 3. The summed E-state index contributed by atoms with van der Waals surface area (Å²) in [5.74, 6) is -3.57.